The van der Waals surface area contributed by atoms with Gasteiger partial charge in [-0.25, -0.2) is 4.98 Å². The van der Waals surface area contributed by atoms with E-state index < -0.39 is 0 Å². The fraction of sp³-hybridized carbons (Fsp3) is 0.643. The topological polar surface area (TPSA) is 71.3 Å². The van der Waals surface area contributed by atoms with Gasteiger partial charge in [0.15, 0.2) is 0 Å². The van der Waals surface area contributed by atoms with Crippen LogP contribution < -0.4 is 10.2 Å². The van der Waals surface area contributed by atoms with E-state index in [0.29, 0.717) is 23.6 Å². The van der Waals surface area contributed by atoms with E-state index in [0.717, 1.165) is 25.8 Å². The van der Waals surface area contributed by atoms with Crippen LogP contribution in [0, 0.1) is 16.0 Å². The molecule has 1 aromatic heterocycles. The summed E-state index contributed by atoms with van der Waals surface area (Å²) in [6.07, 6.45) is 3.37. The maximum atomic E-state index is 11.0. The molecule has 1 aliphatic carbocycles. The molecule has 1 saturated carbocycles. The number of hydrogen-bond acceptors (Lipinski definition) is 5. The molecule has 0 amide bonds. The summed E-state index contributed by atoms with van der Waals surface area (Å²) in [4.78, 5) is 17.4. The Labute approximate surface area is 119 Å². The van der Waals surface area contributed by atoms with Gasteiger partial charge < -0.3 is 10.2 Å². The van der Waals surface area contributed by atoms with E-state index in [1.54, 1.807) is 13.1 Å². The zero-order valence-corrected chi connectivity index (χ0v) is 12.3. The van der Waals surface area contributed by atoms with Crippen molar-refractivity contribution in [3.63, 3.8) is 0 Å². The van der Waals surface area contributed by atoms with E-state index in [4.69, 9.17) is 0 Å². The average Bonchev–Trinajstić information content (AvgIpc) is 3.22. The second kappa shape index (κ2) is 6.07. The van der Waals surface area contributed by atoms with Crippen LogP contribution in [-0.2, 0) is 0 Å². The first kappa shape index (κ1) is 14.6. The minimum atomic E-state index is -0.362. The predicted octanol–water partition coefficient (Wildman–Crippen LogP) is 3.05. The summed E-state index contributed by atoms with van der Waals surface area (Å²) in [6.45, 7) is 5.27. The smallest absolute Gasteiger partial charge is 0.276 e. The standard InChI is InChI=1S/C14H22N4O2/c1-10(2)6-7-17(11-4-5-11)14-9-12(18(19)20)8-13(15-3)16-14/h8-11H,4-7H2,1-3H3,(H,15,16). The summed E-state index contributed by atoms with van der Waals surface area (Å²) in [5, 5.41) is 13.9. The summed E-state index contributed by atoms with van der Waals surface area (Å²) in [7, 11) is 1.73. The van der Waals surface area contributed by atoms with Gasteiger partial charge in [0.2, 0.25) is 0 Å². The van der Waals surface area contributed by atoms with Gasteiger partial charge in [0.25, 0.3) is 5.69 Å². The van der Waals surface area contributed by atoms with E-state index in [1.165, 1.54) is 6.07 Å². The van der Waals surface area contributed by atoms with E-state index in [9.17, 15) is 10.1 Å². The zero-order valence-electron chi connectivity index (χ0n) is 12.3. The van der Waals surface area contributed by atoms with Gasteiger partial charge in [-0.1, -0.05) is 13.8 Å². The molecule has 0 atom stereocenters. The van der Waals surface area contributed by atoms with Crippen LogP contribution in [0.3, 0.4) is 0 Å². The number of pyridine rings is 1. The molecule has 0 spiro atoms. The summed E-state index contributed by atoms with van der Waals surface area (Å²) in [5.74, 6) is 1.87. The molecular formula is C14H22N4O2. The second-order valence-electron chi connectivity index (χ2n) is 5.68. The normalized spacial score (nSPS) is 14.4. The predicted molar refractivity (Wildman–Crippen MR) is 80.3 cm³/mol. The quantitative estimate of drug-likeness (QED) is 0.613. The maximum absolute atomic E-state index is 11.0. The Morgan fingerprint density at radius 2 is 2.20 bits per heavy atom. The third-order valence-electron chi connectivity index (χ3n) is 3.49. The molecule has 1 heterocycles. The van der Waals surface area contributed by atoms with Crippen LogP contribution in [0.25, 0.3) is 0 Å². The van der Waals surface area contributed by atoms with E-state index in [2.05, 4.69) is 29.0 Å². The summed E-state index contributed by atoms with van der Waals surface area (Å²) in [6, 6.07) is 3.55. The minimum Gasteiger partial charge on any atom is -0.373 e. The number of nitro groups is 1. The Balaban J connectivity index is 2.26. The van der Waals surface area contributed by atoms with Crippen molar-refractivity contribution in [1.29, 1.82) is 0 Å². The fourth-order valence-corrected chi connectivity index (χ4v) is 2.15. The monoisotopic (exact) mass is 278 g/mol. The first-order valence-corrected chi connectivity index (χ1v) is 7.12. The molecule has 0 aliphatic heterocycles. The van der Waals surface area contributed by atoms with Crippen LogP contribution in [0.5, 0.6) is 0 Å². The largest absolute Gasteiger partial charge is 0.373 e. The lowest BCUT2D eigenvalue weighted by Gasteiger charge is -2.24. The number of rotatable bonds is 7. The lowest BCUT2D eigenvalue weighted by molar-refractivity contribution is -0.384. The Kier molecular flexibility index (Phi) is 4.42. The number of nitrogens with one attached hydrogen (secondary N) is 1. The third-order valence-corrected chi connectivity index (χ3v) is 3.49. The Bertz CT molecular complexity index is 486. The molecule has 0 aromatic carbocycles. The molecule has 0 unspecified atom stereocenters. The van der Waals surface area contributed by atoms with Crippen molar-refractivity contribution in [2.45, 2.75) is 39.2 Å². The number of aromatic nitrogens is 1. The molecule has 1 aliphatic rings. The average molecular weight is 278 g/mol. The van der Waals surface area contributed by atoms with Gasteiger partial charge in [0.05, 0.1) is 17.1 Å². The number of anilines is 2. The maximum Gasteiger partial charge on any atom is 0.276 e. The molecule has 1 aromatic rings. The van der Waals surface area contributed by atoms with Crippen LogP contribution in [0.1, 0.15) is 33.1 Å². The molecule has 110 valence electrons. The third kappa shape index (κ3) is 3.59. The van der Waals surface area contributed by atoms with Gasteiger partial charge in [0, 0.05) is 19.6 Å². The van der Waals surface area contributed by atoms with Gasteiger partial charge in [0.1, 0.15) is 11.6 Å². The molecule has 6 nitrogen and oxygen atoms in total. The highest BCUT2D eigenvalue weighted by Gasteiger charge is 2.31. The summed E-state index contributed by atoms with van der Waals surface area (Å²) < 4.78 is 0. The van der Waals surface area contributed by atoms with Crippen molar-refractivity contribution < 1.29 is 4.92 Å². The first-order chi connectivity index (χ1) is 9.51. The molecular weight excluding hydrogens is 256 g/mol. The van der Waals surface area contributed by atoms with Crippen LogP contribution in [0.2, 0.25) is 0 Å². The molecule has 0 radical (unpaired) electrons. The van der Waals surface area contributed by atoms with Crippen LogP contribution in [0.15, 0.2) is 12.1 Å². The Hall–Kier alpha value is -1.85. The Morgan fingerprint density at radius 1 is 1.50 bits per heavy atom. The number of hydrogen-bond donors (Lipinski definition) is 1. The van der Waals surface area contributed by atoms with Crippen LogP contribution >= 0.6 is 0 Å². The van der Waals surface area contributed by atoms with Gasteiger partial charge in [-0.15, -0.1) is 0 Å². The number of nitrogens with zero attached hydrogens (tertiary/aromatic N) is 3. The Morgan fingerprint density at radius 3 is 2.70 bits per heavy atom. The molecule has 1 fully saturated rings. The highest BCUT2D eigenvalue weighted by molar-refractivity contribution is 5.56. The molecule has 0 bridgehead atoms. The molecule has 6 heteroatoms. The van der Waals surface area contributed by atoms with Crippen molar-refractivity contribution >= 4 is 17.3 Å². The van der Waals surface area contributed by atoms with Gasteiger partial charge >= 0.3 is 0 Å². The molecule has 1 N–H and O–H groups in total. The molecule has 0 saturated heterocycles. The van der Waals surface area contributed by atoms with Crippen molar-refractivity contribution in [1.82, 2.24) is 4.98 Å². The summed E-state index contributed by atoms with van der Waals surface area (Å²) in [5.41, 5.74) is 0.0922. The van der Waals surface area contributed by atoms with Crippen molar-refractivity contribution in [2.24, 2.45) is 5.92 Å². The van der Waals surface area contributed by atoms with E-state index in [1.807, 2.05) is 0 Å². The van der Waals surface area contributed by atoms with Crippen molar-refractivity contribution in [3.8, 4) is 0 Å². The van der Waals surface area contributed by atoms with Gasteiger partial charge in [-0.3, -0.25) is 10.1 Å². The SMILES string of the molecule is CNc1cc([N+](=O)[O-])cc(N(CCC(C)C)C2CC2)n1. The lowest BCUT2D eigenvalue weighted by atomic mass is 10.1. The van der Waals surface area contributed by atoms with E-state index >= 15 is 0 Å². The van der Waals surface area contributed by atoms with Crippen LogP contribution in [0.4, 0.5) is 17.3 Å². The van der Waals surface area contributed by atoms with Gasteiger partial charge in [-0.2, -0.15) is 0 Å². The zero-order chi connectivity index (χ0) is 14.7. The lowest BCUT2D eigenvalue weighted by Crippen LogP contribution is -2.28. The first-order valence-electron chi connectivity index (χ1n) is 7.12. The van der Waals surface area contributed by atoms with E-state index in [-0.39, 0.29) is 10.6 Å². The van der Waals surface area contributed by atoms with Crippen molar-refractivity contribution in [3.05, 3.63) is 22.2 Å². The second-order valence-corrected chi connectivity index (χ2v) is 5.68. The highest BCUT2D eigenvalue weighted by Crippen LogP contribution is 2.33. The fourth-order valence-electron chi connectivity index (χ4n) is 2.15. The highest BCUT2D eigenvalue weighted by atomic mass is 16.6. The molecule has 20 heavy (non-hydrogen) atoms. The minimum absolute atomic E-state index is 0.0922. The van der Waals surface area contributed by atoms with Crippen molar-refractivity contribution in [2.75, 3.05) is 23.8 Å². The molecule has 2 rings (SSSR count). The van der Waals surface area contributed by atoms with Gasteiger partial charge in [-0.05, 0) is 25.2 Å². The summed E-state index contributed by atoms with van der Waals surface area (Å²) >= 11 is 0. The van der Waals surface area contributed by atoms with Crippen LogP contribution in [-0.4, -0.2) is 29.5 Å².